The molecule has 0 aliphatic carbocycles. The predicted octanol–water partition coefficient (Wildman–Crippen LogP) is 2.97. The minimum absolute atomic E-state index is 0.428. The molecule has 1 N–H and O–H groups in total. The quantitative estimate of drug-likeness (QED) is 0.915. The topological polar surface area (TPSA) is 55.1 Å². The Hall–Kier alpha value is -1.81. The average molecular weight is 279 g/mol. The summed E-state index contributed by atoms with van der Waals surface area (Å²) >= 11 is 5.82. The second-order valence-electron chi connectivity index (χ2n) is 4.35. The van der Waals surface area contributed by atoms with Gasteiger partial charge in [-0.1, -0.05) is 23.7 Å². The SMILES string of the molecule is CCn1cc(CC(C(=O)O)c2ccc(Cl)cc2)cn1. The number of aryl methyl sites for hydroxylation is 1. The van der Waals surface area contributed by atoms with Gasteiger partial charge in [0.25, 0.3) is 0 Å². The van der Waals surface area contributed by atoms with Gasteiger partial charge in [-0.15, -0.1) is 0 Å². The first-order chi connectivity index (χ1) is 9.10. The number of hydrogen-bond acceptors (Lipinski definition) is 2. The highest BCUT2D eigenvalue weighted by Crippen LogP contribution is 2.23. The van der Waals surface area contributed by atoms with Crippen molar-refractivity contribution in [2.75, 3.05) is 0 Å². The molecule has 0 fully saturated rings. The molecule has 0 aliphatic rings. The van der Waals surface area contributed by atoms with Gasteiger partial charge in [-0.2, -0.15) is 5.10 Å². The van der Waals surface area contributed by atoms with Crippen LogP contribution in [0.1, 0.15) is 24.0 Å². The van der Waals surface area contributed by atoms with Crippen LogP contribution in [-0.4, -0.2) is 20.9 Å². The van der Waals surface area contributed by atoms with Crippen molar-refractivity contribution in [3.8, 4) is 0 Å². The van der Waals surface area contributed by atoms with Crippen molar-refractivity contribution in [1.29, 1.82) is 0 Å². The van der Waals surface area contributed by atoms with Crippen LogP contribution in [0.15, 0.2) is 36.7 Å². The summed E-state index contributed by atoms with van der Waals surface area (Å²) in [7, 11) is 0. The van der Waals surface area contributed by atoms with Crippen LogP contribution in [0.25, 0.3) is 0 Å². The van der Waals surface area contributed by atoms with E-state index in [0.717, 1.165) is 17.7 Å². The highest BCUT2D eigenvalue weighted by Gasteiger charge is 2.20. The van der Waals surface area contributed by atoms with E-state index in [-0.39, 0.29) is 0 Å². The molecule has 4 nitrogen and oxygen atoms in total. The van der Waals surface area contributed by atoms with Crippen LogP contribution in [0, 0.1) is 0 Å². The van der Waals surface area contributed by atoms with E-state index in [1.165, 1.54) is 0 Å². The number of carbonyl (C=O) groups is 1. The molecule has 2 rings (SSSR count). The summed E-state index contributed by atoms with van der Waals surface area (Å²) in [5.41, 5.74) is 1.67. The van der Waals surface area contributed by atoms with Crippen LogP contribution < -0.4 is 0 Å². The summed E-state index contributed by atoms with van der Waals surface area (Å²) in [6, 6.07) is 6.93. The molecule has 0 aliphatic heterocycles. The Morgan fingerprint density at radius 2 is 2.11 bits per heavy atom. The molecule has 1 aromatic heterocycles. The third-order valence-corrected chi connectivity index (χ3v) is 3.27. The lowest BCUT2D eigenvalue weighted by Gasteiger charge is -2.11. The van der Waals surface area contributed by atoms with Gasteiger partial charge < -0.3 is 5.11 Å². The Labute approximate surface area is 116 Å². The van der Waals surface area contributed by atoms with E-state index in [2.05, 4.69) is 5.10 Å². The molecule has 1 aromatic carbocycles. The Balaban J connectivity index is 2.21. The van der Waals surface area contributed by atoms with Crippen molar-refractivity contribution < 1.29 is 9.90 Å². The van der Waals surface area contributed by atoms with Crippen molar-refractivity contribution in [3.05, 3.63) is 52.8 Å². The van der Waals surface area contributed by atoms with Gasteiger partial charge >= 0.3 is 5.97 Å². The molecular weight excluding hydrogens is 264 g/mol. The normalized spacial score (nSPS) is 12.3. The van der Waals surface area contributed by atoms with Crippen LogP contribution in [0.4, 0.5) is 0 Å². The first-order valence-electron chi connectivity index (χ1n) is 6.09. The number of aromatic nitrogens is 2. The summed E-state index contributed by atoms with van der Waals surface area (Å²) in [6.45, 7) is 2.77. The minimum Gasteiger partial charge on any atom is -0.481 e. The van der Waals surface area contributed by atoms with E-state index in [9.17, 15) is 9.90 Å². The first-order valence-corrected chi connectivity index (χ1v) is 6.47. The Kier molecular flexibility index (Phi) is 4.22. The second-order valence-corrected chi connectivity index (χ2v) is 4.79. The second kappa shape index (κ2) is 5.89. The van der Waals surface area contributed by atoms with Gasteiger partial charge in [0.1, 0.15) is 0 Å². The molecule has 5 heteroatoms. The van der Waals surface area contributed by atoms with E-state index >= 15 is 0 Å². The lowest BCUT2D eigenvalue weighted by atomic mass is 9.93. The molecule has 1 atom stereocenters. The van der Waals surface area contributed by atoms with E-state index < -0.39 is 11.9 Å². The summed E-state index contributed by atoms with van der Waals surface area (Å²) in [6.07, 6.45) is 4.03. The van der Waals surface area contributed by atoms with Gasteiger partial charge in [-0.25, -0.2) is 0 Å². The van der Waals surface area contributed by atoms with Gasteiger partial charge in [0.05, 0.1) is 12.1 Å². The summed E-state index contributed by atoms with van der Waals surface area (Å²) in [4.78, 5) is 11.4. The number of carboxylic acids is 1. The average Bonchev–Trinajstić information content (AvgIpc) is 2.85. The molecule has 0 amide bonds. The maximum Gasteiger partial charge on any atom is 0.311 e. The van der Waals surface area contributed by atoms with Crippen molar-refractivity contribution in [1.82, 2.24) is 9.78 Å². The highest BCUT2D eigenvalue weighted by atomic mass is 35.5. The smallest absolute Gasteiger partial charge is 0.311 e. The van der Waals surface area contributed by atoms with Crippen LogP contribution in [0.5, 0.6) is 0 Å². The van der Waals surface area contributed by atoms with Gasteiger partial charge in [0, 0.05) is 17.8 Å². The lowest BCUT2D eigenvalue weighted by molar-refractivity contribution is -0.138. The Bertz CT molecular complexity index is 563. The Morgan fingerprint density at radius 3 is 2.63 bits per heavy atom. The number of halogens is 1. The van der Waals surface area contributed by atoms with Gasteiger partial charge in [0.2, 0.25) is 0 Å². The highest BCUT2D eigenvalue weighted by molar-refractivity contribution is 6.30. The van der Waals surface area contributed by atoms with Crippen molar-refractivity contribution >= 4 is 17.6 Å². The molecule has 2 aromatic rings. The number of aliphatic carboxylic acids is 1. The van der Waals surface area contributed by atoms with Crippen LogP contribution in [-0.2, 0) is 17.8 Å². The molecule has 0 radical (unpaired) electrons. The molecule has 0 spiro atoms. The van der Waals surface area contributed by atoms with E-state index in [1.807, 2.05) is 13.1 Å². The zero-order chi connectivity index (χ0) is 13.8. The largest absolute Gasteiger partial charge is 0.481 e. The lowest BCUT2D eigenvalue weighted by Crippen LogP contribution is -2.14. The maximum atomic E-state index is 11.4. The molecule has 100 valence electrons. The molecule has 0 bridgehead atoms. The standard InChI is InChI=1S/C14H15ClN2O2/c1-2-17-9-10(8-16-17)7-13(14(18)19)11-3-5-12(15)6-4-11/h3-6,8-9,13H,2,7H2,1H3,(H,18,19). The molecular formula is C14H15ClN2O2. The van der Waals surface area contributed by atoms with Crippen LogP contribution in [0.3, 0.4) is 0 Å². The minimum atomic E-state index is -0.841. The van der Waals surface area contributed by atoms with E-state index in [1.54, 1.807) is 35.1 Å². The fourth-order valence-electron chi connectivity index (χ4n) is 1.96. The van der Waals surface area contributed by atoms with Gasteiger partial charge in [-0.3, -0.25) is 9.48 Å². The van der Waals surface area contributed by atoms with Gasteiger partial charge in [0.15, 0.2) is 0 Å². The third-order valence-electron chi connectivity index (χ3n) is 3.02. The zero-order valence-electron chi connectivity index (χ0n) is 10.6. The maximum absolute atomic E-state index is 11.4. The third kappa shape index (κ3) is 3.35. The van der Waals surface area contributed by atoms with E-state index in [4.69, 9.17) is 11.6 Å². The number of hydrogen-bond donors (Lipinski definition) is 1. The fourth-order valence-corrected chi connectivity index (χ4v) is 2.09. The monoisotopic (exact) mass is 278 g/mol. The summed E-state index contributed by atoms with van der Waals surface area (Å²) < 4.78 is 1.79. The molecule has 0 saturated carbocycles. The Morgan fingerprint density at radius 1 is 1.42 bits per heavy atom. The number of carboxylic acid groups (broad SMARTS) is 1. The molecule has 0 saturated heterocycles. The van der Waals surface area contributed by atoms with Crippen molar-refractivity contribution in [2.45, 2.75) is 25.8 Å². The summed E-state index contributed by atoms with van der Waals surface area (Å²) in [5, 5.41) is 14.1. The van der Waals surface area contributed by atoms with E-state index in [0.29, 0.717) is 11.4 Å². The number of benzene rings is 1. The molecule has 19 heavy (non-hydrogen) atoms. The van der Waals surface area contributed by atoms with Crippen LogP contribution in [0.2, 0.25) is 5.02 Å². The fraction of sp³-hybridized carbons (Fsp3) is 0.286. The van der Waals surface area contributed by atoms with Gasteiger partial charge in [-0.05, 0) is 36.6 Å². The van der Waals surface area contributed by atoms with Crippen molar-refractivity contribution in [2.24, 2.45) is 0 Å². The first kappa shape index (κ1) is 13.6. The zero-order valence-corrected chi connectivity index (χ0v) is 11.3. The number of nitrogens with zero attached hydrogens (tertiary/aromatic N) is 2. The molecule has 1 unspecified atom stereocenters. The van der Waals surface area contributed by atoms with Crippen molar-refractivity contribution in [3.63, 3.8) is 0 Å². The van der Waals surface area contributed by atoms with Crippen LogP contribution >= 0.6 is 11.6 Å². The predicted molar refractivity (Wildman–Crippen MR) is 73.4 cm³/mol. The molecule has 1 heterocycles. The number of rotatable bonds is 5. The summed E-state index contributed by atoms with van der Waals surface area (Å²) in [5.74, 6) is -1.42.